The maximum atomic E-state index is 13.5. The van der Waals surface area contributed by atoms with Crippen molar-refractivity contribution in [1.82, 2.24) is 29.5 Å². The predicted octanol–water partition coefficient (Wildman–Crippen LogP) is 8.96. The molecule has 10 nitrogen and oxygen atoms in total. The molecule has 2 N–H and O–H groups in total. The average molecular weight is 765 g/mol. The third-order valence-corrected chi connectivity index (χ3v) is 22.0. The number of fused-ring (bicyclic) bond motifs is 1. The predicted molar refractivity (Wildman–Crippen MR) is 216 cm³/mol. The van der Waals surface area contributed by atoms with Crippen LogP contribution >= 0.6 is 0 Å². The molecule has 0 saturated heterocycles. The van der Waals surface area contributed by atoms with E-state index in [0.29, 0.717) is 30.2 Å². The van der Waals surface area contributed by atoms with Crippen LogP contribution in [0.2, 0.25) is 36.3 Å². The van der Waals surface area contributed by atoms with Crippen molar-refractivity contribution < 1.29 is 18.5 Å². The Morgan fingerprint density at radius 2 is 1.58 bits per heavy atom. The number of pyridine rings is 1. The number of nitrogens with zero attached hydrogens (tertiary/aromatic N) is 5. The van der Waals surface area contributed by atoms with E-state index in [0.717, 1.165) is 22.2 Å². The van der Waals surface area contributed by atoms with Crippen molar-refractivity contribution in [2.24, 2.45) is 5.92 Å². The van der Waals surface area contributed by atoms with Gasteiger partial charge in [0.05, 0.1) is 34.9 Å². The maximum absolute atomic E-state index is 13.5. The lowest BCUT2D eigenvalue weighted by atomic mass is 9.74. The van der Waals surface area contributed by atoms with Crippen molar-refractivity contribution in [2.75, 3.05) is 0 Å². The van der Waals surface area contributed by atoms with E-state index in [-0.39, 0.29) is 28.2 Å². The first-order valence-electron chi connectivity index (χ1n) is 18.4. The van der Waals surface area contributed by atoms with Crippen LogP contribution < -0.4 is 4.72 Å². The molecule has 5 rings (SSSR count). The number of benzene rings is 1. The summed E-state index contributed by atoms with van der Waals surface area (Å²) in [5.74, 6) is 0.229. The van der Waals surface area contributed by atoms with E-state index in [4.69, 9.17) is 18.8 Å². The van der Waals surface area contributed by atoms with Crippen LogP contribution in [-0.2, 0) is 25.9 Å². The van der Waals surface area contributed by atoms with Crippen molar-refractivity contribution in [3.05, 3.63) is 66.2 Å². The zero-order valence-corrected chi connectivity index (χ0v) is 36.5. The molecule has 13 heteroatoms. The lowest BCUT2D eigenvalue weighted by Gasteiger charge is -2.49. The van der Waals surface area contributed by atoms with Gasteiger partial charge in [0.1, 0.15) is 4.75 Å². The number of hydrogen-bond donors (Lipinski definition) is 2. The van der Waals surface area contributed by atoms with E-state index in [1.54, 1.807) is 17.1 Å². The lowest BCUT2D eigenvalue weighted by Crippen LogP contribution is -2.60. The molecule has 3 atom stereocenters. The molecule has 3 heterocycles. The second-order valence-electron chi connectivity index (χ2n) is 18.5. The molecule has 0 radical (unpaired) electrons. The summed E-state index contributed by atoms with van der Waals surface area (Å²) in [5.41, 5.74) is 1.95. The molecule has 52 heavy (non-hydrogen) atoms. The van der Waals surface area contributed by atoms with Gasteiger partial charge in [-0.05, 0) is 101 Å². The summed E-state index contributed by atoms with van der Waals surface area (Å²) in [6.45, 7) is 30.1. The Morgan fingerprint density at radius 3 is 2.19 bits per heavy atom. The molecule has 3 aromatic heterocycles. The molecule has 1 aliphatic rings. The van der Waals surface area contributed by atoms with Crippen LogP contribution in [0.3, 0.4) is 0 Å². The second-order valence-corrected chi connectivity index (χ2v) is 29.9. The highest BCUT2D eigenvalue weighted by Crippen LogP contribution is 2.47. The van der Waals surface area contributed by atoms with Crippen LogP contribution in [0.4, 0.5) is 0 Å². The minimum atomic E-state index is -2.02. The van der Waals surface area contributed by atoms with Crippen LogP contribution in [0, 0.1) is 5.92 Å². The van der Waals surface area contributed by atoms with Crippen LogP contribution in [0.25, 0.3) is 28.1 Å². The Balaban J connectivity index is 1.46. The number of aromatic nitrogens is 5. The summed E-state index contributed by atoms with van der Waals surface area (Å²) in [7, 11) is -4.01. The van der Waals surface area contributed by atoms with Gasteiger partial charge < -0.3 is 18.5 Å². The Kier molecular flexibility index (Phi) is 11.2. The molecule has 0 amide bonds. The fourth-order valence-electron chi connectivity index (χ4n) is 5.75. The van der Waals surface area contributed by atoms with Gasteiger partial charge in [-0.1, -0.05) is 59.7 Å². The van der Waals surface area contributed by atoms with Gasteiger partial charge in [-0.15, -0.1) is 4.72 Å². The number of nitrogens with one attached hydrogen (secondary N) is 1. The molecular formula is C39H60N6O4SSi2. The van der Waals surface area contributed by atoms with E-state index in [1.165, 1.54) is 0 Å². The van der Waals surface area contributed by atoms with E-state index >= 15 is 0 Å². The summed E-state index contributed by atoms with van der Waals surface area (Å²) >= 11 is -1.55. The van der Waals surface area contributed by atoms with Gasteiger partial charge >= 0.3 is 0 Å². The smallest absolute Gasteiger partial charge is 0.251 e. The van der Waals surface area contributed by atoms with E-state index in [1.807, 2.05) is 70.2 Å². The zero-order chi connectivity index (χ0) is 38.7. The standard InChI is InChI=1S/C39H60N6O4SSi2/c1-26(48-51(11,12)37(5,6)7)31-20-21-40-35(43-31)45-33-22-27(18-19-28(33)25-41-45)32-16-15-17-34(42-32)39(46,44-50(47)36(2,3)4)29-23-30(24-29)49-52(13,14)38(8,9)10/h15-22,25-26,29-30,44,46H,23-24H2,1-14H3. The van der Waals surface area contributed by atoms with Gasteiger partial charge in [0.15, 0.2) is 16.6 Å². The molecule has 0 spiro atoms. The Bertz CT molecular complexity index is 1880. The lowest BCUT2D eigenvalue weighted by molar-refractivity contribution is -0.109. The van der Waals surface area contributed by atoms with Crippen molar-refractivity contribution in [3.63, 3.8) is 0 Å². The van der Waals surface area contributed by atoms with Crippen molar-refractivity contribution >= 4 is 38.9 Å². The molecule has 4 aromatic rings. The minimum Gasteiger partial charge on any atom is -0.598 e. The molecule has 1 aliphatic carbocycles. The van der Waals surface area contributed by atoms with Gasteiger partial charge in [-0.25, -0.2) is 15.0 Å². The number of rotatable bonds is 11. The molecule has 3 unspecified atom stereocenters. The van der Waals surface area contributed by atoms with E-state index in [2.05, 4.69) is 82.5 Å². The molecule has 1 saturated carbocycles. The highest BCUT2D eigenvalue weighted by molar-refractivity contribution is 7.90. The quantitative estimate of drug-likeness (QED) is 0.0873. The van der Waals surface area contributed by atoms with Crippen LogP contribution in [0.15, 0.2) is 54.9 Å². The SMILES string of the molecule is CC(O[Si](C)(C)C(C)(C)C)c1ccnc(-n2ncc3ccc(-c4cccc(C(O)(N[S+]([O-])C(C)(C)C)C5CC(O[Si](C)(C)C(C)(C)C)C5)n4)cc32)n1. The normalized spacial score (nSPS) is 20.0. The van der Waals surface area contributed by atoms with Gasteiger partial charge in [0.25, 0.3) is 5.95 Å². The Labute approximate surface area is 316 Å². The molecule has 0 aliphatic heterocycles. The first-order chi connectivity index (χ1) is 23.8. The van der Waals surface area contributed by atoms with Gasteiger partial charge in [0, 0.05) is 40.5 Å². The van der Waals surface area contributed by atoms with Gasteiger partial charge in [-0.2, -0.15) is 9.78 Å². The molecule has 284 valence electrons. The first kappa shape index (κ1) is 40.7. The summed E-state index contributed by atoms with van der Waals surface area (Å²) in [4.78, 5) is 14.5. The first-order valence-corrected chi connectivity index (χ1v) is 25.4. The van der Waals surface area contributed by atoms with Crippen LogP contribution in [-0.4, -0.2) is 61.9 Å². The zero-order valence-electron chi connectivity index (χ0n) is 33.7. The minimum absolute atomic E-state index is 0.0375. The molecule has 1 fully saturated rings. The van der Waals surface area contributed by atoms with Crippen molar-refractivity contribution in [3.8, 4) is 17.2 Å². The fourth-order valence-corrected chi connectivity index (χ4v) is 9.35. The Morgan fingerprint density at radius 1 is 0.923 bits per heavy atom. The second kappa shape index (κ2) is 14.3. The summed E-state index contributed by atoms with van der Waals surface area (Å²) in [6, 6.07) is 13.6. The Hall–Kier alpha value is -2.50. The molecule has 1 aromatic carbocycles. The number of aliphatic hydroxyl groups is 1. The molecule has 0 bridgehead atoms. The highest BCUT2D eigenvalue weighted by atomic mass is 32.2. The largest absolute Gasteiger partial charge is 0.598 e. The van der Waals surface area contributed by atoms with E-state index < -0.39 is 38.5 Å². The fraction of sp³-hybridized carbons (Fsp3) is 0.590. The monoisotopic (exact) mass is 764 g/mol. The summed E-state index contributed by atoms with van der Waals surface area (Å²) in [6.07, 6.45) is 4.69. The van der Waals surface area contributed by atoms with Crippen molar-refractivity contribution in [1.29, 1.82) is 0 Å². The van der Waals surface area contributed by atoms with Gasteiger partial charge in [0.2, 0.25) is 5.72 Å². The van der Waals surface area contributed by atoms with E-state index in [9.17, 15) is 9.66 Å². The topological polar surface area (TPSA) is 130 Å². The summed E-state index contributed by atoms with van der Waals surface area (Å²) in [5, 5.41) is 18.2. The van der Waals surface area contributed by atoms with Gasteiger partial charge in [-0.3, -0.25) is 0 Å². The van der Waals surface area contributed by atoms with Crippen LogP contribution in [0.1, 0.15) is 99.6 Å². The summed E-state index contributed by atoms with van der Waals surface area (Å²) < 4.78 is 31.1. The average Bonchev–Trinajstić information content (AvgIpc) is 3.44. The molecular weight excluding hydrogens is 705 g/mol. The van der Waals surface area contributed by atoms with Crippen molar-refractivity contribution in [2.45, 2.75) is 141 Å². The highest BCUT2D eigenvalue weighted by Gasteiger charge is 2.53. The number of hydrogen-bond acceptors (Lipinski definition) is 9. The maximum Gasteiger partial charge on any atom is 0.251 e. The van der Waals surface area contributed by atoms with Crippen LogP contribution in [0.5, 0.6) is 0 Å². The third-order valence-electron chi connectivity index (χ3n) is 11.3. The third kappa shape index (κ3) is 8.41.